The number of para-hydroxylation sites is 1. The molecule has 1 unspecified atom stereocenters. The standard InChI is InChI=1S/C25H30N4O3/c1-24(2,3)21-13-18(27-28-21)23(31)29-10-8-25(9-11-29)14-17(25)15-26-22(30)20-12-16-6-4-5-7-19(16)32-20/h4-7,12-13,17H,8-11,14-15H2,1-3H3,(H,26,30)(H,27,28). The van der Waals surface area contributed by atoms with E-state index in [-0.39, 0.29) is 22.6 Å². The number of hydrogen-bond acceptors (Lipinski definition) is 4. The third-order valence-corrected chi connectivity index (χ3v) is 7.17. The number of nitrogens with zero attached hydrogens (tertiary/aromatic N) is 2. The SMILES string of the molecule is CC(C)(C)c1cc(C(=O)N2CCC3(CC2)CC3CNC(=O)c2cc3ccccc3o2)n[nH]1. The van der Waals surface area contributed by atoms with E-state index in [1.807, 2.05) is 35.2 Å². The van der Waals surface area contributed by atoms with E-state index >= 15 is 0 Å². The van der Waals surface area contributed by atoms with Crippen LogP contribution in [0.15, 0.2) is 40.8 Å². The van der Waals surface area contributed by atoms with Gasteiger partial charge < -0.3 is 14.6 Å². The van der Waals surface area contributed by atoms with Crippen LogP contribution in [0.5, 0.6) is 0 Å². The molecular formula is C25H30N4O3. The molecule has 5 rings (SSSR count). The van der Waals surface area contributed by atoms with Crippen LogP contribution in [-0.4, -0.2) is 46.5 Å². The van der Waals surface area contributed by atoms with Crippen molar-refractivity contribution in [2.24, 2.45) is 11.3 Å². The van der Waals surface area contributed by atoms with Crippen LogP contribution in [0.4, 0.5) is 0 Å². The minimum atomic E-state index is -0.163. The van der Waals surface area contributed by atoms with Crippen molar-refractivity contribution in [3.63, 3.8) is 0 Å². The summed E-state index contributed by atoms with van der Waals surface area (Å²) in [7, 11) is 0. The minimum absolute atomic E-state index is 0.00184. The van der Waals surface area contributed by atoms with Crippen LogP contribution in [0, 0.1) is 11.3 Å². The average molecular weight is 435 g/mol. The third-order valence-electron chi connectivity index (χ3n) is 7.17. The van der Waals surface area contributed by atoms with Gasteiger partial charge in [0.1, 0.15) is 11.3 Å². The zero-order valence-corrected chi connectivity index (χ0v) is 18.9. The molecule has 1 saturated carbocycles. The molecule has 2 N–H and O–H groups in total. The van der Waals surface area contributed by atoms with Crippen molar-refractivity contribution in [1.82, 2.24) is 20.4 Å². The van der Waals surface area contributed by atoms with Crippen LogP contribution in [0.3, 0.4) is 0 Å². The first-order valence-corrected chi connectivity index (χ1v) is 11.4. The molecule has 32 heavy (non-hydrogen) atoms. The third kappa shape index (κ3) is 3.80. The van der Waals surface area contributed by atoms with Gasteiger partial charge in [0.15, 0.2) is 5.76 Å². The van der Waals surface area contributed by atoms with Gasteiger partial charge in [0.05, 0.1) is 0 Å². The van der Waals surface area contributed by atoms with Crippen LogP contribution in [0.25, 0.3) is 11.0 Å². The highest BCUT2D eigenvalue weighted by Gasteiger charge is 2.54. The van der Waals surface area contributed by atoms with Crippen molar-refractivity contribution in [3.8, 4) is 0 Å². The summed E-state index contributed by atoms with van der Waals surface area (Å²) in [4.78, 5) is 27.3. The first kappa shape index (κ1) is 20.8. The highest BCUT2D eigenvalue weighted by Crippen LogP contribution is 2.59. The highest BCUT2D eigenvalue weighted by molar-refractivity contribution is 5.96. The van der Waals surface area contributed by atoms with Gasteiger partial charge in [-0.05, 0) is 48.8 Å². The van der Waals surface area contributed by atoms with Crippen molar-refractivity contribution in [2.45, 2.75) is 45.4 Å². The van der Waals surface area contributed by atoms with Gasteiger partial charge in [-0.3, -0.25) is 14.7 Å². The summed E-state index contributed by atoms with van der Waals surface area (Å²) in [5.41, 5.74) is 2.38. The molecule has 0 radical (unpaired) electrons. The Kier molecular flexibility index (Phi) is 4.87. The van der Waals surface area contributed by atoms with E-state index in [9.17, 15) is 9.59 Å². The minimum Gasteiger partial charge on any atom is -0.451 e. The second-order valence-electron chi connectivity index (χ2n) is 10.3. The maximum Gasteiger partial charge on any atom is 0.287 e. The van der Waals surface area contributed by atoms with Crippen LogP contribution < -0.4 is 5.32 Å². The molecule has 1 aliphatic heterocycles. The summed E-state index contributed by atoms with van der Waals surface area (Å²) >= 11 is 0. The van der Waals surface area contributed by atoms with Crippen LogP contribution in [0.1, 0.15) is 66.8 Å². The van der Waals surface area contributed by atoms with Gasteiger partial charge in [-0.15, -0.1) is 0 Å². The molecule has 0 bridgehead atoms. The number of hydrogen-bond donors (Lipinski definition) is 2. The highest BCUT2D eigenvalue weighted by atomic mass is 16.3. The van der Waals surface area contributed by atoms with Crippen molar-refractivity contribution in [1.29, 1.82) is 0 Å². The van der Waals surface area contributed by atoms with Gasteiger partial charge in [0, 0.05) is 36.1 Å². The zero-order chi connectivity index (χ0) is 22.5. The van der Waals surface area contributed by atoms with E-state index < -0.39 is 0 Å². The molecule has 2 amide bonds. The fourth-order valence-electron chi connectivity index (χ4n) is 4.86. The van der Waals surface area contributed by atoms with Crippen LogP contribution >= 0.6 is 0 Å². The maximum atomic E-state index is 12.9. The smallest absolute Gasteiger partial charge is 0.287 e. The number of aromatic amines is 1. The van der Waals surface area contributed by atoms with E-state index in [0.717, 1.165) is 49.0 Å². The first-order valence-electron chi connectivity index (χ1n) is 11.4. The monoisotopic (exact) mass is 434 g/mol. The Hall–Kier alpha value is -3.09. The quantitative estimate of drug-likeness (QED) is 0.646. The molecule has 2 fully saturated rings. The first-order chi connectivity index (χ1) is 15.2. The van der Waals surface area contributed by atoms with Crippen molar-refractivity contribution in [2.75, 3.05) is 19.6 Å². The number of piperidine rings is 1. The van der Waals surface area contributed by atoms with Crippen LogP contribution in [-0.2, 0) is 5.41 Å². The summed E-state index contributed by atoms with van der Waals surface area (Å²) in [5.74, 6) is 0.659. The summed E-state index contributed by atoms with van der Waals surface area (Å²) in [6.45, 7) is 8.42. The number of nitrogens with one attached hydrogen (secondary N) is 2. The van der Waals surface area contributed by atoms with Crippen molar-refractivity contribution < 1.29 is 14.0 Å². The molecule has 1 spiro atoms. The molecule has 7 heteroatoms. The summed E-state index contributed by atoms with van der Waals surface area (Å²) in [6, 6.07) is 11.3. The number of amides is 2. The van der Waals surface area contributed by atoms with Gasteiger partial charge in [-0.2, -0.15) is 5.10 Å². The molecule has 2 aromatic heterocycles. The number of furan rings is 1. The molecule has 168 valence electrons. The Morgan fingerprint density at radius 3 is 2.66 bits per heavy atom. The number of carbonyl (C=O) groups is 2. The predicted octanol–water partition coefficient (Wildman–Crippen LogP) is 4.13. The fraction of sp³-hybridized carbons (Fsp3) is 0.480. The van der Waals surface area contributed by atoms with Gasteiger partial charge in [0.25, 0.3) is 11.8 Å². The zero-order valence-electron chi connectivity index (χ0n) is 18.9. The van der Waals surface area contributed by atoms with Gasteiger partial charge in [0.2, 0.25) is 0 Å². The van der Waals surface area contributed by atoms with Crippen molar-refractivity contribution in [3.05, 3.63) is 53.5 Å². The summed E-state index contributed by atoms with van der Waals surface area (Å²) < 4.78 is 5.66. The lowest BCUT2D eigenvalue weighted by Crippen LogP contribution is -2.40. The number of rotatable bonds is 4. The molecule has 1 aliphatic carbocycles. The average Bonchev–Trinajstić information content (AvgIpc) is 3.16. The normalized spacial score (nSPS) is 20.0. The fourth-order valence-corrected chi connectivity index (χ4v) is 4.86. The molecule has 2 aliphatic rings. The molecule has 1 atom stereocenters. The van der Waals surface area contributed by atoms with Crippen molar-refractivity contribution >= 4 is 22.8 Å². The lowest BCUT2D eigenvalue weighted by Gasteiger charge is -2.32. The Morgan fingerprint density at radius 1 is 1.22 bits per heavy atom. The second-order valence-corrected chi connectivity index (χ2v) is 10.3. The van der Waals surface area contributed by atoms with E-state index in [1.54, 1.807) is 6.07 Å². The Bertz CT molecular complexity index is 1130. The molecule has 1 saturated heterocycles. The predicted molar refractivity (Wildman–Crippen MR) is 122 cm³/mol. The number of H-pyrrole nitrogens is 1. The van der Waals surface area contributed by atoms with Gasteiger partial charge in [-0.25, -0.2) is 0 Å². The number of likely N-dealkylation sites (tertiary alicyclic amines) is 1. The summed E-state index contributed by atoms with van der Waals surface area (Å²) in [6.07, 6.45) is 3.05. The van der Waals surface area contributed by atoms with Gasteiger partial charge >= 0.3 is 0 Å². The number of carbonyl (C=O) groups excluding carboxylic acids is 2. The van der Waals surface area contributed by atoms with E-state index in [1.165, 1.54) is 0 Å². The number of benzene rings is 1. The molecule has 7 nitrogen and oxygen atoms in total. The lowest BCUT2D eigenvalue weighted by molar-refractivity contribution is 0.0662. The molecule has 3 aromatic rings. The van der Waals surface area contributed by atoms with E-state index in [2.05, 4.69) is 36.3 Å². The topological polar surface area (TPSA) is 91.2 Å². The molecule has 1 aromatic carbocycles. The van der Waals surface area contributed by atoms with E-state index in [4.69, 9.17) is 4.42 Å². The maximum absolute atomic E-state index is 12.9. The molecule has 3 heterocycles. The van der Waals surface area contributed by atoms with Crippen LogP contribution in [0.2, 0.25) is 0 Å². The lowest BCUT2D eigenvalue weighted by atomic mass is 9.90. The Labute approximate surface area is 187 Å². The Balaban J connectivity index is 1.13. The van der Waals surface area contributed by atoms with Gasteiger partial charge in [-0.1, -0.05) is 39.0 Å². The Morgan fingerprint density at radius 2 is 1.97 bits per heavy atom. The van der Waals surface area contributed by atoms with E-state index in [0.29, 0.717) is 23.9 Å². The largest absolute Gasteiger partial charge is 0.451 e. The number of fused-ring (bicyclic) bond motifs is 1. The summed E-state index contributed by atoms with van der Waals surface area (Å²) in [5, 5.41) is 11.2. The number of aromatic nitrogens is 2. The molecular weight excluding hydrogens is 404 g/mol. The second kappa shape index (κ2) is 7.50.